The van der Waals surface area contributed by atoms with E-state index < -0.39 is 17.6 Å². The minimum atomic E-state index is -4.58. The standard InChI is InChI=1S/C15H9F3N2OS2/c16-15(17,18)10-5-1-2-6-12(10)20-13(21)11(19-14(20)22)8-9-4-3-7-23-9/h1-8H,(H,19,22)/b11-8-. The van der Waals surface area contributed by atoms with Gasteiger partial charge in [0, 0.05) is 4.88 Å². The smallest absolute Gasteiger partial charge is 0.327 e. The normalized spacial score (nSPS) is 17.0. The number of carbonyl (C=O) groups excluding carboxylic acids is 1. The van der Waals surface area contributed by atoms with Gasteiger partial charge in [-0.3, -0.25) is 9.69 Å². The van der Waals surface area contributed by atoms with E-state index in [1.54, 1.807) is 12.1 Å². The van der Waals surface area contributed by atoms with Crippen molar-refractivity contribution in [2.45, 2.75) is 6.18 Å². The molecule has 2 aromatic rings. The maximum atomic E-state index is 13.1. The molecule has 0 aliphatic carbocycles. The molecule has 3 rings (SSSR count). The fourth-order valence-corrected chi connectivity index (χ4v) is 3.13. The molecule has 118 valence electrons. The predicted molar refractivity (Wildman–Crippen MR) is 87.0 cm³/mol. The zero-order chi connectivity index (χ0) is 16.6. The van der Waals surface area contributed by atoms with E-state index in [4.69, 9.17) is 12.2 Å². The van der Waals surface area contributed by atoms with Crippen molar-refractivity contribution in [1.29, 1.82) is 0 Å². The lowest BCUT2D eigenvalue weighted by Crippen LogP contribution is -2.32. The van der Waals surface area contributed by atoms with E-state index in [2.05, 4.69) is 5.32 Å². The maximum Gasteiger partial charge on any atom is 0.418 e. The van der Waals surface area contributed by atoms with E-state index in [0.29, 0.717) is 0 Å². The number of amides is 1. The number of rotatable bonds is 2. The Kier molecular flexibility index (Phi) is 3.95. The van der Waals surface area contributed by atoms with Gasteiger partial charge in [0.2, 0.25) is 0 Å². The molecular formula is C15H9F3N2OS2. The molecule has 1 aliphatic rings. The molecule has 1 saturated heterocycles. The monoisotopic (exact) mass is 354 g/mol. The number of hydrogen-bond donors (Lipinski definition) is 1. The summed E-state index contributed by atoms with van der Waals surface area (Å²) in [5.41, 5.74) is -1.04. The fourth-order valence-electron chi connectivity index (χ4n) is 2.18. The van der Waals surface area contributed by atoms with Gasteiger partial charge in [0.15, 0.2) is 5.11 Å². The van der Waals surface area contributed by atoms with Crippen LogP contribution in [0.2, 0.25) is 0 Å². The molecule has 23 heavy (non-hydrogen) atoms. The van der Waals surface area contributed by atoms with Crippen molar-refractivity contribution in [2.24, 2.45) is 0 Å². The highest BCUT2D eigenvalue weighted by molar-refractivity contribution is 7.80. The zero-order valence-corrected chi connectivity index (χ0v) is 13.1. The van der Waals surface area contributed by atoms with E-state index in [9.17, 15) is 18.0 Å². The van der Waals surface area contributed by atoms with Crippen LogP contribution in [0.25, 0.3) is 6.08 Å². The quantitative estimate of drug-likeness (QED) is 0.653. The summed E-state index contributed by atoms with van der Waals surface area (Å²) in [5, 5.41) is 4.44. The summed E-state index contributed by atoms with van der Waals surface area (Å²) in [6, 6.07) is 8.45. The molecule has 0 radical (unpaired) electrons. The molecule has 1 aliphatic heterocycles. The first-order valence-corrected chi connectivity index (χ1v) is 7.73. The summed E-state index contributed by atoms with van der Waals surface area (Å²) >= 11 is 6.45. The lowest BCUT2D eigenvalue weighted by Gasteiger charge is -2.19. The van der Waals surface area contributed by atoms with Crippen molar-refractivity contribution in [3.63, 3.8) is 0 Å². The van der Waals surface area contributed by atoms with Crippen molar-refractivity contribution in [3.8, 4) is 0 Å². The second kappa shape index (κ2) is 5.78. The SMILES string of the molecule is O=C1/C(=C/c2cccs2)NC(=S)N1c1ccccc1C(F)(F)F. The van der Waals surface area contributed by atoms with Crippen LogP contribution >= 0.6 is 23.6 Å². The maximum absolute atomic E-state index is 13.1. The first-order valence-electron chi connectivity index (χ1n) is 6.45. The fraction of sp³-hybridized carbons (Fsp3) is 0.0667. The summed E-state index contributed by atoms with van der Waals surface area (Å²) in [4.78, 5) is 14.1. The van der Waals surface area contributed by atoms with E-state index in [1.807, 2.05) is 11.4 Å². The Morgan fingerprint density at radius 2 is 1.91 bits per heavy atom. The Morgan fingerprint density at radius 3 is 2.57 bits per heavy atom. The van der Waals surface area contributed by atoms with Crippen LogP contribution in [-0.2, 0) is 11.0 Å². The Morgan fingerprint density at radius 1 is 1.17 bits per heavy atom. The first kappa shape index (κ1) is 15.7. The molecule has 0 saturated carbocycles. The molecule has 1 aromatic heterocycles. The van der Waals surface area contributed by atoms with Crippen LogP contribution in [0.3, 0.4) is 0 Å². The highest BCUT2D eigenvalue weighted by Gasteiger charge is 2.40. The third-order valence-electron chi connectivity index (χ3n) is 3.16. The number of alkyl halides is 3. The lowest BCUT2D eigenvalue weighted by molar-refractivity contribution is -0.137. The Labute approximate surface area is 139 Å². The van der Waals surface area contributed by atoms with Gasteiger partial charge in [0.1, 0.15) is 5.70 Å². The van der Waals surface area contributed by atoms with Gasteiger partial charge in [-0.05, 0) is 41.9 Å². The number of thiocarbonyl (C=S) groups is 1. The van der Waals surface area contributed by atoms with E-state index in [0.717, 1.165) is 15.8 Å². The van der Waals surface area contributed by atoms with E-state index in [-0.39, 0.29) is 16.5 Å². The van der Waals surface area contributed by atoms with Gasteiger partial charge in [-0.15, -0.1) is 11.3 Å². The van der Waals surface area contributed by atoms with Gasteiger partial charge in [-0.1, -0.05) is 18.2 Å². The molecular weight excluding hydrogens is 345 g/mol. The Bertz CT molecular complexity index is 797. The van der Waals surface area contributed by atoms with Crippen LogP contribution in [0.1, 0.15) is 10.4 Å². The Balaban J connectivity index is 2.02. The average molecular weight is 354 g/mol. The number of para-hydroxylation sites is 1. The topological polar surface area (TPSA) is 32.3 Å². The van der Waals surface area contributed by atoms with Crippen LogP contribution in [0.15, 0.2) is 47.5 Å². The van der Waals surface area contributed by atoms with Crippen LogP contribution in [0.4, 0.5) is 18.9 Å². The van der Waals surface area contributed by atoms with Crippen molar-refractivity contribution in [3.05, 3.63) is 57.9 Å². The van der Waals surface area contributed by atoms with Crippen molar-refractivity contribution < 1.29 is 18.0 Å². The summed E-state index contributed by atoms with van der Waals surface area (Å²) in [7, 11) is 0. The molecule has 0 atom stereocenters. The number of hydrogen-bond acceptors (Lipinski definition) is 3. The van der Waals surface area contributed by atoms with Gasteiger partial charge in [0.05, 0.1) is 11.3 Å². The largest absolute Gasteiger partial charge is 0.418 e. The molecule has 0 unspecified atom stereocenters. The van der Waals surface area contributed by atoms with E-state index in [1.165, 1.54) is 29.5 Å². The number of benzene rings is 1. The Hall–Kier alpha value is -2.19. The van der Waals surface area contributed by atoms with Crippen molar-refractivity contribution in [2.75, 3.05) is 4.90 Å². The number of anilines is 1. The number of nitrogens with one attached hydrogen (secondary N) is 1. The van der Waals surface area contributed by atoms with Gasteiger partial charge in [-0.2, -0.15) is 13.2 Å². The third kappa shape index (κ3) is 2.99. The molecule has 2 heterocycles. The summed E-state index contributed by atoms with van der Waals surface area (Å²) in [6.07, 6.45) is -3.01. The average Bonchev–Trinajstić information content (AvgIpc) is 3.08. The first-order chi connectivity index (χ1) is 10.9. The highest BCUT2D eigenvalue weighted by atomic mass is 32.1. The van der Waals surface area contributed by atoms with Gasteiger partial charge in [0.25, 0.3) is 5.91 Å². The van der Waals surface area contributed by atoms with Gasteiger partial charge >= 0.3 is 6.18 Å². The van der Waals surface area contributed by atoms with Crippen molar-refractivity contribution in [1.82, 2.24) is 5.32 Å². The number of nitrogens with zero attached hydrogens (tertiary/aromatic N) is 1. The number of thiophene rings is 1. The lowest BCUT2D eigenvalue weighted by atomic mass is 10.1. The molecule has 0 spiro atoms. The zero-order valence-electron chi connectivity index (χ0n) is 11.4. The van der Waals surface area contributed by atoms with E-state index >= 15 is 0 Å². The molecule has 8 heteroatoms. The van der Waals surface area contributed by atoms with Crippen molar-refractivity contribution >= 4 is 46.3 Å². The summed E-state index contributed by atoms with van der Waals surface area (Å²) in [5.74, 6) is -0.611. The van der Waals surface area contributed by atoms with Crippen LogP contribution in [0.5, 0.6) is 0 Å². The van der Waals surface area contributed by atoms with Gasteiger partial charge in [-0.25, -0.2) is 0 Å². The number of halogens is 3. The summed E-state index contributed by atoms with van der Waals surface area (Å²) < 4.78 is 39.4. The second-order valence-electron chi connectivity index (χ2n) is 4.66. The van der Waals surface area contributed by atoms with Gasteiger partial charge < -0.3 is 5.32 Å². The minimum Gasteiger partial charge on any atom is -0.327 e. The van der Waals surface area contributed by atoms with Crippen LogP contribution in [0, 0.1) is 0 Å². The highest BCUT2D eigenvalue weighted by Crippen LogP contribution is 2.37. The van der Waals surface area contributed by atoms with Crippen LogP contribution < -0.4 is 10.2 Å². The second-order valence-corrected chi connectivity index (χ2v) is 6.03. The minimum absolute atomic E-state index is 0.0745. The predicted octanol–water partition coefficient (Wildman–Crippen LogP) is 4.03. The summed E-state index contributed by atoms with van der Waals surface area (Å²) in [6.45, 7) is 0. The molecule has 1 amide bonds. The molecule has 1 fully saturated rings. The van der Waals surface area contributed by atoms with Crippen LogP contribution in [-0.4, -0.2) is 11.0 Å². The molecule has 1 N–H and O–H groups in total. The number of carbonyl (C=O) groups is 1. The molecule has 1 aromatic carbocycles. The molecule has 0 bridgehead atoms. The third-order valence-corrected chi connectivity index (χ3v) is 4.26. The molecule has 3 nitrogen and oxygen atoms in total.